The second-order valence-corrected chi connectivity index (χ2v) is 7.96. The highest BCUT2D eigenvalue weighted by Gasteiger charge is 2.47. The molecule has 35 heavy (non-hydrogen) atoms. The number of benzene rings is 3. The Labute approximate surface area is 201 Å². The molecule has 4 rings (SSSR count). The number of anilines is 1. The van der Waals surface area contributed by atoms with E-state index in [1.54, 1.807) is 49.4 Å². The van der Waals surface area contributed by atoms with Gasteiger partial charge in [0.2, 0.25) is 0 Å². The molecule has 8 heteroatoms. The highest BCUT2D eigenvalue weighted by molar-refractivity contribution is 6.51. The average Bonchev–Trinajstić information content (AvgIpc) is 3.11. The first kappa shape index (κ1) is 23.9. The van der Waals surface area contributed by atoms with Crippen molar-refractivity contribution in [2.75, 3.05) is 18.6 Å². The molecule has 1 unspecified atom stereocenters. The second-order valence-electron chi connectivity index (χ2n) is 7.96. The second kappa shape index (κ2) is 9.58. The van der Waals surface area contributed by atoms with E-state index in [1.165, 1.54) is 13.2 Å². The zero-order valence-electron chi connectivity index (χ0n) is 19.3. The number of aryl methyl sites for hydroxylation is 1. The molecular weight excluding hydrogens is 456 g/mol. The number of amides is 1. The molecule has 1 amide bonds. The predicted octanol–water partition coefficient (Wildman–Crippen LogP) is 5.31. The summed E-state index contributed by atoms with van der Waals surface area (Å²) < 4.78 is 38.5. The monoisotopic (exact) mass is 479 g/mol. The summed E-state index contributed by atoms with van der Waals surface area (Å²) in [6.07, 6.45) is 0. The fraction of sp³-hybridized carbons (Fsp3) is 0.185. The molecule has 3 aromatic carbocycles. The molecule has 1 heterocycles. The molecule has 1 fully saturated rings. The van der Waals surface area contributed by atoms with Crippen LogP contribution in [-0.4, -0.2) is 30.5 Å². The highest BCUT2D eigenvalue weighted by Crippen LogP contribution is 2.43. The zero-order valence-corrected chi connectivity index (χ0v) is 19.3. The van der Waals surface area contributed by atoms with Crippen molar-refractivity contribution in [3.63, 3.8) is 0 Å². The van der Waals surface area contributed by atoms with Crippen molar-refractivity contribution in [3.05, 3.63) is 94.6 Å². The lowest BCUT2D eigenvalue weighted by Gasteiger charge is -2.26. The molecule has 1 atom stereocenters. The van der Waals surface area contributed by atoms with Crippen molar-refractivity contribution in [1.29, 1.82) is 0 Å². The summed E-state index contributed by atoms with van der Waals surface area (Å²) in [5.74, 6) is -3.51. The van der Waals surface area contributed by atoms with Crippen LogP contribution in [0.4, 0.5) is 14.5 Å². The van der Waals surface area contributed by atoms with Gasteiger partial charge in [-0.05, 0) is 67.4 Å². The van der Waals surface area contributed by atoms with Gasteiger partial charge in [-0.25, -0.2) is 8.78 Å². The lowest BCUT2D eigenvalue weighted by atomic mass is 9.94. The molecule has 0 aliphatic carbocycles. The van der Waals surface area contributed by atoms with E-state index < -0.39 is 35.1 Å². The van der Waals surface area contributed by atoms with Crippen LogP contribution in [0.15, 0.2) is 66.2 Å². The number of ketones is 1. The van der Waals surface area contributed by atoms with E-state index in [0.29, 0.717) is 34.8 Å². The van der Waals surface area contributed by atoms with Gasteiger partial charge in [0.1, 0.15) is 17.3 Å². The van der Waals surface area contributed by atoms with Crippen LogP contribution in [0, 0.1) is 18.6 Å². The lowest BCUT2D eigenvalue weighted by Crippen LogP contribution is -2.29. The Bertz CT molecular complexity index is 1350. The van der Waals surface area contributed by atoms with Gasteiger partial charge in [0.15, 0.2) is 11.6 Å². The number of rotatable bonds is 6. The number of carbonyl (C=O) groups excluding carboxylic acids is 2. The Morgan fingerprint density at radius 3 is 2.46 bits per heavy atom. The summed E-state index contributed by atoms with van der Waals surface area (Å²) in [7, 11) is 1.51. The first-order chi connectivity index (χ1) is 16.8. The Hall–Kier alpha value is -4.20. The standard InChI is InChI=1S/C27H23F2NO5/c1-4-35-19-7-5-6-16(13-19)24-23(25(31)17-8-11-22(34-3)15(2)12-17)26(32)27(33)30(24)18-9-10-20(28)21(29)14-18/h5-14,24,31H,4H2,1-3H3/b25-23+. The third-order valence-electron chi connectivity index (χ3n) is 5.78. The van der Waals surface area contributed by atoms with Crippen LogP contribution in [0.1, 0.15) is 29.7 Å². The normalized spacial score (nSPS) is 17.1. The Morgan fingerprint density at radius 2 is 1.80 bits per heavy atom. The summed E-state index contributed by atoms with van der Waals surface area (Å²) in [4.78, 5) is 27.5. The van der Waals surface area contributed by atoms with Crippen LogP contribution < -0.4 is 14.4 Å². The molecule has 6 nitrogen and oxygen atoms in total. The van der Waals surface area contributed by atoms with Crippen LogP contribution >= 0.6 is 0 Å². The van der Waals surface area contributed by atoms with E-state index in [9.17, 15) is 23.5 Å². The fourth-order valence-corrected chi connectivity index (χ4v) is 4.17. The molecule has 1 aliphatic heterocycles. The van der Waals surface area contributed by atoms with E-state index in [1.807, 2.05) is 6.92 Å². The minimum Gasteiger partial charge on any atom is -0.507 e. The molecule has 1 saturated heterocycles. The van der Waals surface area contributed by atoms with Crippen LogP contribution in [-0.2, 0) is 9.59 Å². The van der Waals surface area contributed by atoms with Crippen LogP contribution in [0.2, 0.25) is 0 Å². The Morgan fingerprint density at radius 1 is 1.03 bits per heavy atom. The molecule has 1 N–H and O–H groups in total. The molecule has 3 aromatic rings. The van der Waals surface area contributed by atoms with Gasteiger partial charge < -0.3 is 14.6 Å². The van der Waals surface area contributed by atoms with Gasteiger partial charge >= 0.3 is 0 Å². The largest absolute Gasteiger partial charge is 0.507 e. The summed E-state index contributed by atoms with van der Waals surface area (Å²) in [5, 5.41) is 11.2. The minimum absolute atomic E-state index is 0.0252. The van der Waals surface area contributed by atoms with Crippen molar-refractivity contribution >= 4 is 23.1 Å². The highest BCUT2D eigenvalue weighted by atomic mass is 19.2. The number of carbonyl (C=O) groups is 2. The van der Waals surface area contributed by atoms with Gasteiger partial charge in [-0.1, -0.05) is 12.1 Å². The maximum Gasteiger partial charge on any atom is 0.300 e. The number of hydrogen-bond donors (Lipinski definition) is 1. The molecule has 0 saturated carbocycles. The molecule has 180 valence electrons. The number of methoxy groups -OCH3 is 1. The zero-order chi connectivity index (χ0) is 25.3. The van der Waals surface area contributed by atoms with Gasteiger partial charge in [0.05, 0.1) is 25.3 Å². The smallest absolute Gasteiger partial charge is 0.300 e. The minimum atomic E-state index is -1.17. The van der Waals surface area contributed by atoms with E-state index in [-0.39, 0.29) is 11.3 Å². The number of nitrogens with zero attached hydrogens (tertiary/aromatic N) is 1. The summed E-state index contributed by atoms with van der Waals surface area (Å²) in [6, 6.07) is 13.4. The predicted molar refractivity (Wildman–Crippen MR) is 126 cm³/mol. The van der Waals surface area contributed by atoms with E-state index >= 15 is 0 Å². The third kappa shape index (κ3) is 4.35. The summed E-state index contributed by atoms with van der Waals surface area (Å²) in [6.45, 7) is 3.97. The van der Waals surface area contributed by atoms with Gasteiger partial charge in [0, 0.05) is 17.3 Å². The van der Waals surface area contributed by atoms with Gasteiger partial charge in [0.25, 0.3) is 11.7 Å². The number of Topliss-reactive ketones (excluding diaryl/α,β-unsaturated/α-hetero) is 1. The quantitative estimate of drug-likeness (QED) is 0.295. The topological polar surface area (TPSA) is 76.1 Å². The molecule has 1 aliphatic rings. The van der Waals surface area contributed by atoms with Gasteiger partial charge in [-0.2, -0.15) is 0 Å². The average molecular weight is 479 g/mol. The van der Waals surface area contributed by atoms with Crippen molar-refractivity contribution in [3.8, 4) is 11.5 Å². The van der Waals surface area contributed by atoms with Gasteiger partial charge in [-0.3, -0.25) is 14.5 Å². The number of aliphatic hydroxyl groups is 1. The van der Waals surface area contributed by atoms with E-state index in [0.717, 1.165) is 17.0 Å². The number of halogens is 2. The maximum atomic E-state index is 14.1. The van der Waals surface area contributed by atoms with Crippen molar-refractivity contribution < 1.29 is 33.0 Å². The molecule has 0 radical (unpaired) electrons. The van der Waals surface area contributed by atoms with Crippen molar-refractivity contribution in [2.24, 2.45) is 0 Å². The Kier molecular flexibility index (Phi) is 6.55. The Balaban J connectivity index is 1.95. The van der Waals surface area contributed by atoms with Crippen LogP contribution in [0.3, 0.4) is 0 Å². The third-order valence-corrected chi connectivity index (χ3v) is 5.78. The van der Waals surface area contributed by atoms with Crippen molar-refractivity contribution in [1.82, 2.24) is 0 Å². The fourth-order valence-electron chi connectivity index (χ4n) is 4.17. The first-order valence-corrected chi connectivity index (χ1v) is 10.9. The maximum absolute atomic E-state index is 14.1. The van der Waals surface area contributed by atoms with Crippen molar-refractivity contribution in [2.45, 2.75) is 19.9 Å². The first-order valence-electron chi connectivity index (χ1n) is 10.9. The van der Waals surface area contributed by atoms with E-state index in [2.05, 4.69) is 0 Å². The summed E-state index contributed by atoms with van der Waals surface area (Å²) in [5.41, 5.74) is 1.26. The van der Waals surface area contributed by atoms with Gasteiger partial charge in [-0.15, -0.1) is 0 Å². The summed E-state index contributed by atoms with van der Waals surface area (Å²) >= 11 is 0. The molecular formula is C27H23F2NO5. The lowest BCUT2D eigenvalue weighted by molar-refractivity contribution is -0.132. The van der Waals surface area contributed by atoms with Crippen LogP contribution in [0.25, 0.3) is 5.76 Å². The molecule has 0 aromatic heterocycles. The SMILES string of the molecule is CCOc1cccc(C2/C(=C(\O)c3ccc(OC)c(C)c3)C(=O)C(=O)N2c2ccc(F)c(F)c2)c1. The molecule has 0 bridgehead atoms. The number of aliphatic hydroxyl groups excluding tert-OH is 1. The number of ether oxygens (including phenoxy) is 2. The van der Waals surface area contributed by atoms with E-state index in [4.69, 9.17) is 9.47 Å². The number of hydrogen-bond acceptors (Lipinski definition) is 5. The van der Waals surface area contributed by atoms with Crippen LogP contribution in [0.5, 0.6) is 11.5 Å². The molecule has 0 spiro atoms.